The van der Waals surface area contributed by atoms with Crippen molar-refractivity contribution in [3.63, 3.8) is 0 Å². The Labute approximate surface area is 82.5 Å². The second-order valence-electron chi connectivity index (χ2n) is 2.76. The predicted molar refractivity (Wildman–Crippen MR) is 55.0 cm³/mol. The maximum absolute atomic E-state index is 5.68. The van der Waals surface area contributed by atoms with Crippen LogP contribution in [0, 0.1) is 6.92 Å². The van der Waals surface area contributed by atoms with E-state index in [1.54, 1.807) is 11.8 Å². The summed E-state index contributed by atoms with van der Waals surface area (Å²) in [5.74, 6) is 0.667. The van der Waals surface area contributed by atoms with Crippen LogP contribution in [0.5, 0.6) is 0 Å². The van der Waals surface area contributed by atoms with Gasteiger partial charge in [-0.2, -0.15) is 0 Å². The van der Waals surface area contributed by atoms with E-state index in [9.17, 15) is 0 Å². The Morgan fingerprint density at radius 3 is 2.83 bits per heavy atom. The molecule has 1 rings (SSSR count). The SMILES string of the molecule is Cc1ccc(SC(C)CCl)nc1. The van der Waals surface area contributed by atoms with Crippen molar-refractivity contribution in [2.75, 3.05) is 5.88 Å². The fourth-order valence-corrected chi connectivity index (χ4v) is 1.69. The summed E-state index contributed by atoms with van der Waals surface area (Å²) in [4.78, 5) is 4.27. The third kappa shape index (κ3) is 3.03. The van der Waals surface area contributed by atoms with E-state index in [0.29, 0.717) is 11.1 Å². The number of aromatic nitrogens is 1. The van der Waals surface area contributed by atoms with Crippen molar-refractivity contribution in [3.8, 4) is 0 Å². The molecule has 3 heteroatoms. The highest BCUT2D eigenvalue weighted by Crippen LogP contribution is 2.21. The average Bonchev–Trinajstić information content (AvgIpc) is 2.09. The van der Waals surface area contributed by atoms with Crippen molar-refractivity contribution >= 4 is 23.4 Å². The molecule has 12 heavy (non-hydrogen) atoms. The molecule has 1 aromatic heterocycles. The Bertz CT molecular complexity index is 235. The molecule has 0 amide bonds. The van der Waals surface area contributed by atoms with Crippen LogP contribution in [0.15, 0.2) is 23.4 Å². The van der Waals surface area contributed by atoms with Gasteiger partial charge in [0, 0.05) is 17.3 Å². The van der Waals surface area contributed by atoms with Crippen molar-refractivity contribution in [2.24, 2.45) is 0 Å². The van der Waals surface area contributed by atoms with Crippen LogP contribution >= 0.6 is 23.4 Å². The second kappa shape index (κ2) is 4.73. The van der Waals surface area contributed by atoms with Gasteiger partial charge in [0.25, 0.3) is 0 Å². The summed E-state index contributed by atoms with van der Waals surface area (Å²) in [6, 6.07) is 4.10. The van der Waals surface area contributed by atoms with Crippen LogP contribution in [-0.2, 0) is 0 Å². The highest BCUT2D eigenvalue weighted by Gasteiger charge is 2.02. The number of hydrogen-bond acceptors (Lipinski definition) is 2. The van der Waals surface area contributed by atoms with E-state index in [4.69, 9.17) is 11.6 Å². The molecule has 0 radical (unpaired) electrons. The van der Waals surface area contributed by atoms with Gasteiger partial charge in [-0.15, -0.1) is 23.4 Å². The Kier molecular flexibility index (Phi) is 3.89. The lowest BCUT2D eigenvalue weighted by molar-refractivity contribution is 1.07. The molecule has 0 aromatic carbocycles. The first-order chi connectivity index (χ1) is 5.72. The van der Waals surface area contributed by atoms with Gasteiger partial charge in [-0.1, -0.05) is 13.0 Å². The summed E-state index contributed by atoms with van der Waals surface area (Å²) in [7, 11) is 0. The van der Waals surface area contributed by atoms with Gasteiger partial charge in [-0.3, -0.25) is 0 Å². The molecule has 0 saturated carbocycles. The van der Waals surface area contributed by atoms with Crippen molar-refractivity contribution in [1.82, 2.24) is 4.98 Å². The number of thioether (sulfide) groups is 1. The first-order valence-electron chi connectivity index (χ1n) is 3.87. The van der Waals surface area contributed by atoms with Crippen LogP contribution < -0.4 is 0 Å². The summed E-state index contributed by atoms with van der Waals surface area (Å²) in [5.41, 5.74) is 1.19. The van der Waals surface area contributed by atoms with Gasteiger partial charge >= 0.3 is 0 Å². The number of aryl methyl sites for hydroxylation is 1. The zero-order valence-electron chi connectivity index (χ0n) is 7.25. The van der Waals surface area contributed by atoms with Gasteiger partial charge in [0.1, 0.15) is 0 Å². The summed E-state index contributed by atoms with van der Waals surface area (Å²) in [6.07, 6.45) is 1.88. The average molecular weight is 202 g/mol. The molecule has 0 aliphatic carbocycles. The first kappa shape index (κ1) is 9.87. The van der Waals surface area contributed by atoms with Gasteiger partial charge in [0.05, 0.1) is 5.03 Å². The Morgan fingerprint density at radius 2 is 2.33 bits per heavy atom. The highest BCUT2D eigenvalue weighted by molar-refractivity contribution is 7.99. The molecule has 0 N–H and O–H groups in total. The Morgan fingerprint density at radius 1 is 1.58 bits per heavy atom. The van der Waals surface area contributed by atoms with Gasteiger partial charge in [0.2, 0.25) is 0 Å². The third-order valence-electron chi connectivity index (χ3n) is 1.42. The van der Waals surface area contributed by atoms with E-state index < -0.39 is 0 Å². The predicted octanol–water partition coefficient (Wildman–Crippen LogP) is 3.11. The molecular formula is C9H12ClNS. The molecule has 1 aromatic rings. The minimum Gasteiger partial charge on any atom is -0.250 e. The highest BCUT2D eigenvalue weighted by atomic mass is 35.5. The molecule has 66 valence electrons. The summed E-state index contributed by atoms with van der Waals surface area (Å²) >= 11 is 7.39. The number of rotatable bonds is 3. The first-order valence-corrected chi connectivity index (χ1v) is 5.29. The fourth-order valence-electron chi connectivity index (χ4n) is 0.762. The molecule has 1 unspecified atom stereocenters. The van der Waals surface area contributed by atoms with Crippen molar-refractivity contribution in [1.29, 1.82) is 0 Å². The second-order valence-corrected chi connectivity index (χ2v) is 4.52. The van der Waals surface area contributed by atoms with E-state index in [1.807, 2.05) is 19.2 Å². The van der Waals surface area contributed by atoms with Crippen LogP contribution in [0.25, 0.3) is 0 Å². The number of nitrogens with zero attached hydrogens (tertiary/aromatic N) is 1. The van der Waals surface area contributed by atoms with E-state index in [1.165, 1.54) is 5.56 Å². The maximum Gasteiger partial charge on any atom is 0.0963 e. The van der Waals surface area contributed by atoms with Crippen LogP contribution in [-0.4, -0.2) is 16.1 Å². The molecule has 0 fully saturated rings. The van der Waals surface area contributed by atoms with Crippen molar-refractivity contribution < 1.29 is 0 Å². The van der Waals surface area contributed by atoms with E-state index in [2.05, 4.69) is 18.0 Å². The van der Waals surface area contributed by atoms with Gasteiger partial charge < -0.3 is 0 Å². The van der Waals surface area contributed by atoms with Crippen LogP contribution in [0.4, 0.5) is 0 Å². The van der Waals surface area contributed by atoms with Crippen LogP contribution in [0.2, 0.25) is 0 Å². The summed E-state index contributed by atoms with van der Waals surface area (Å²) in [6.45, 7) is 4.13. The molecular weight excluding hydrogens is 190 g/mol. The van der Waals surface area contributed by atoms with Crippen molar-refractivity contribution in [2.45, 2.75) is 24.1 Å². The quantitative estimate of drug-likeness (QED) is 0.551. The van der Waals surface area contributed by atoms with Gasteiger partial charge in [0.15, 0.2) is 0 Å². The fraction of sp³-hybridized carbons (Fsp3) is 0.444. The van der Waals surface area contributed by atoms with E-state index >= 15 is 0 Å². The molecule has 1 nitrogen and oxygen atoms in total. The lowest BCUT2D eigenvalue weighted by Crippen LogP contribution is -1.97. The van der Waals surface area contributed by atoms with Gasteiger partial charge in [-0.05, 0) is 18.6 Å². The molecule has 1 atom stereocenters. The molecule has 0 aliphatic heterocycles. The normalized spacial score (nSPS) is 12.9. The monoisotopic (exact) mass is 201 g/mol. The molecule has 0 bridgehead atoms. The lowest BCUT2D eigenvalue weighted by atomic mass is 10.3. The number of hydrogen-bond donors (Lipinski definition) is 0. The molecule has 1 heterocycles. The minimum absolute atomic E-state index is 0.432. The zero-order chi connectivity index (χ0) is 8.97. The lowest BCUT2D eigenvalue weighted by Gasteiger charge is -2.05. The van der Waals surface area contributed by atoms with Gasteiger partial charge in [-0.25, -0.2) is 4.98 Å². The molecule has 0 aliphatic rings. The summed E-state index contributed by atoms with van der Waals surface area (Å²) < 4.78 is 0. The maximum atomic E-state index is 5.68. The molecule has 0 spiro atoms. The zero-order valence-corrected chi connectivity index (χ0v) is 8.82. The Balaban J connectivity index is 2.58. The van der Waals surface area contributed by atoms with E-state index in [0.717, 1.165) is 5.03 Å². The smallest absolute Gasteiger partial charge is 0.0963 e. The topological polar surface area (TPSA) is 12.9 Å². The molecule has 0 saturated heterocycles. The number of halogens is 1. The van der Waals surface area contributed by atoms with Crippen LogP contribution in [0.1, 0.15) is 12.5 Å². The van der Waals surface area contributed by atoms with E-state index in [-0.39, 0.29) is 0 Å². The van der Waals surface area contributed by atoms with Crippen molar-refractivity contribution in [3.05, 3.63) is 23.9 Å². The summed E-state index contributed by atoms with van der Waals surface area (Å²) in [5, 5.41) is 1.48. The minimum atomic E-state index is 0.432. The Hall–Kier alpha value is -0.210. The largest absolute Gasteiger partial charge is 0.250 e. The van der Waals surface area contributed by atoms with Crippen LogP contribution in [0.3, 0.4) is 0 Å². The third-order valence-corrected chi connectivity index (χ3v) is 3.12. The number of pyridine rings is 1. The number of alkyl halides is 1. The standard InChI is InChI=1S/C9H12ClNS/c1-7-3-4-9(11-6-7)12-8(2)5-10/h3-4,6,8H,5H2,1-2H3.